The highest BCUT2D eigenvalue weighted by Crippen LogP contribution is 2.50. The largest absolute Gasteiger partial charge is 0.450 e. The first kappa shape index (κ1) is 23.3. The average Bonchev–Trinajstić information content (AvgIpc) is 3.42. The summed E-state index contributed by atoms with van der Waals surface area (Å²) >= 11 is 0. The number of ether oxygens (including phenoxy) is 1. The zero-order chi connectivity index (χ0) is 25.0. The maximum absolute atomic E-state index is 13.6. The molecule has 5 rings (SSSR count). The first-order valence-corrected chi connectivity index (χ1v) is 12.1. The van der Waals surface area contributed by atoms with Crippen LogP contribution in [0.25, 0.3) is 22.4 Å². The summed E-state index contributed by atoms with van der Waals surface area (Å²) in [4.78, 5) is 33.9. The molecule has 3 aromatic rings. The van der Waals surface area contributed by atoms with Crippen molar-refractivity contribution in [3.63, 3.8) is 0 Å². The number of furan rings is 1. The monoisotopic (exact) mass is 479 g/mol. The van der Waals surface area contributed by atoms with Gasteiger partial charge >= 0.3 is 6.09 Å². The molecule has 3 heterocycles. The molecule has 8 heteroatoms. The Morgan fingerprint density at radius 1 is 1.11 bits per heavy atom. The third-order valence-corrected chi connectivity index (χ3v) is 7.15. The summed E-state index contributed by atoms with van der Waals surface area (Å²) in [5.74, 6) is -0.301. The zero-order valence-electron chi connectivity index (χ0n) is 20.6. The second kappa shape index (κ2) is 8.36. The highest BCUT2D eigenvalue weighted by Gasteiger charge is 2.43. The van der Waals surface area contributed by atoms with Gasteiger partial charge in [0.25, 0.3) is 5.91 Å². The van der Waals surface area contributed by atoms with Crippen molar-refractivity contribution in [2.24, 2.45) is 0 Å². The molecule has 1 saturated carbocycles. The Kier molecular flexibility index (Phi) is 5.57. The molecule has 0 atom stereocenters. The minimum Gasteiger partial charge on any atom is -0.450 e. The molecule has 0 bridgehead atoms. The van der Waals surface area contributed by atoms with Crippen LogP contribution in [0.2, 0.25) is 0 Å². The van der Waals surface area contributed by atoms with Gasteiger partial charge in [-0.1, -0.05) is 6.92 Å². The zero-order valence-corrected chi connectivity index (χ0v) is 20.6. The van der Waals surface area contributed by atoms with Crippen LogP contribution < -0.4 is 0 Å². The molecule has 2 aliphatic rings. The van der Waals surface area contributed by atoms with Gasteiger partial charge in [-0.2, -0.15) is 0 Å². The van der Waals surface area contributed by atoms with Gasteiger partial charge in [0.1, 0.15) is 11.3 Å². The van der Waals surface area contributed by atoms with Gasteiger partial charge in [0.15, 0.2) is 11.3 Å². The maximum atomic E-state index is 13.6. The molecule has 7 nitrogen and oxygen atoms in total. The molecule has 184 valence electrons. The molecular weight excluding hydrogens is 449 g/mol. The van der Waals surface area contributed by atoms with Crippen molar-refractivity contribution in [3.8, 4) is 11.3 Å². The van der Waals surface area contributed by atoms with Gasteiger partial charge in [0, 0.05) is 36.8 Å². The molecule has 1 aliphatic heterocycles. The molecule has 0 unspecified atom stereocenters. The van der Waals surface area contributed by atoms with Crippen LogP contribution in [0.1, 0.15) is 56.7 Å². The minimum atomic E-state index is -0.598. The Morgan fingerprint density at radius 3 is 2.46 bits per heavy atom. The fourth-order valence-electron chi connectivity index (χ4n) is 4.84. The van der Waals surface area contributed by atoms with E-state index in [1.165, 1.54) is 12.1 Å². The number of benzene rings is 1. The van der Waals surface area contributed by atoms with Crippen LogP contribution in [0.5, 0.6) is 0 Å². The predicted octanol–water partition coefficient (Wildman–Crippen LogP) is 5.38. The van der Waals surface area contributed by atoms with E-state index in [0.717, 1.165) is 29.7 Å². The first-order valence-electron chi connectivity index (χ1n) is 12.1. The number of hydrogen-bond donors (Lipinski definition) is 0. The van der Waals surface area contributed by atoms with Gasteiger partial charge in [-0.15, -0.1) is 0 Å². The Bertz CT molecular complexity index is 1290. The van der Waals surface area contributed by atoms with Crippen molar-refractivity contribution in [2.45, 2.75) is 51.5 Å². The third-order valence-electron chi connectivity index (χ3n) is 7.15. The number of nitrogens with zero attached hydrogens (tertiary/aromatic N) is 3. The van der Waals surface area contributed by atoms with Gasteiger partial charge in [-0.05, 0) is 69.4 Å². The molecule has 1 aromatic carbocycles. The summed E-state index contributed by atoms with van der Waals surface area (Å²) in [7, 11) is 0. The van der Waals surface area contributed by atoms with E-state index in [-0.39, 0.29) is 29.0 Å². The molecule has 1 aliphatic carbocycles. The smallest absolute Gasteiger partial charge is 0.409 e. The summed E-state index contributed by atoms with van der Waals surface area (Å²) in [6.07, 6.45) is 1.69. The average molecular weight is 480 g/mol. The number of rotatable bonds is 4. The van der Waals surface area contributed by atoms with Gasteiger partial charge < -0.3 is 19.0 Å². The van der Waals surface area contributed by atoms with Gasteiger partial charge in [-0.25, -0.2) is 14.2 Å². The van der Waals surface area contributed by atoms with E-state index >= 15 is 0 Å². The number of halogens is 1. The van der Waals surface area contributed by atoms with Crippen molar-refractivity contribution in [3.05, 3.63) is 53.5 Å². The number of hydrogen-bond acceptors (Lipinski definition) is 5. The normalized spacial score (nSPS) is 18.5. The molecule has 35 heavy (non-hydrogen) atoms. The van der Waals surface area contributed by atoms with Crippen LogP contribution in [-0.4, -0.2) is 58.6 Å². The fraction of sp³-hybridized carbons (Fsp3) is 0.444. The van der Waals surface area contributed by atoms with E-state index in [2.05, 4.69) is 6.92 Å². The lowest BCUT2D eigenvalue weighted by Gasteiger charge is -2.46. The maximum Gasteiger partial charge on any atom is 0.409 e. The second-order valence-corrected chi connectivity index (χ2v) is 10.3. The topological polar surface area (TPSA) is 75.9 Å². The number of fused-ring (bicyclic) bond motifs is 1. The first-order chi connectivity index (χ1) is 16.6. The van der Waals surface area contributed by atoms with Crippen LogP contribution in [0.3, 0.4) is 0 Å². The second-order valence-electron chi connectivity index (χ2n) is 10.3. The lowest BCUT2D eigenvalue weighted by Crippen LogP contribution is -2.62. The molecule has 0 spiro atoms. The number of carbonyl (C=O) groups is 2. The molecule has 1 saturated heterocycles. The van der Waals surface area contributed by atoms with Crippen molar-refractivity contribution >= 4 is 23.1 Å². The molecule has 2 fully saturated rings. The number of aromatic nitrogens is 1. The highest BCUT2D eigenvalue weighted by atomic mass is 19.1. The van der Waals surface area contributed by atoms with Crippen LogP contribution in [0.15, 0.2) is 40.8 Å². The summed E-state index contributed by atoms with van der Waals surface area (Å²) in [5, 5.41) is 0. The van der Waals surface area contributed by atoms with E-state index in [4.69, 9.17) is 14.1 Å². The van der Waals surface area contributed by atoms with Crippen molar-refractivity contribution < 1.29 is 23.1 Å². The van der Waals surface area contributed by atoms with E-state index in [9.17, 15) is 14.0 Å². The van der Waals surface area contributed by atoms with Gasteiger partial charge in [0.05, 0.1) is 17.8 Å². The Morgan fingerprint density at radius 2 is 1.83 bits per heavy atom. The van der Waals surface area contributed by atoms with Crippen molar-refractivity contribution in [1.82, 2.24) is 14.8 Å². The fourth-order valence-corrected chi connectivity index (χ4v) is 4.84. The lowest BCUT2D eigenvalue weighted by atomic mass is 9.96. The summed E-state index contributed by atoms with van der Waals surface area (Å²) in [6, 6.07) is 9.96. The van der Waals surface area contributed by atoms with Crippen LogP contribution in [0.4, 0.5) is 9.18 Å². The van der Waals surface area contributed by atoms with Crippen LogP contribution in [0, 0.1) is 5.82 Å². The number of carbonyl (C=O) groups excluding carboxylic acids is 2. The third kappa shape index (κ3) is 4.26. The standard InChI is InChI=1S/C27H30FN3O4/c1-5-34-25(33)30-12-13-31(26(2,3)16-30)24(32)22-15-21-23(35-22)19(27(4)10-11-27)14-20(29-21)17-6-8-18(28)9-7-17/h6-9,14-15H,5,10-13,16H2,1-4H3. The SMILES string of the molecule is CCOC(=O)N1CCN(C(=O)c2cc3nc(-c4ccc(F)cc4)cc(C4(C)CC4)c3o2)C(C)(C)C1. The number of amides is 2. The summed E-state index contributed by atoms with van der Waals surface area (Å²) in [6.45, 7) is 9.26. The Hall–Kier alpha value is -3.42. The Labute approximate surface area is 203 Å². The predicted molar refractivity (Wildman–Crippen MR) is 130 cm³/mol. The highest BCUT2D eigenvalue weighted by molar-refractivity contribution is 5.97. The van der Waals surface area contributed by atoms with E-state index in [1.807, 2.05) is 19.9 Å². The van der Waals surface area contributed by atoms with Crippen LogP contribution in [-0.2, 0) is 10.2 Å². The minimum absolute atomic E-state index is 0.0291. The molecule has 2 aromatic heterocycles. The number of pyridine rings is 1. The quantitative estimate of drug-likeness (QED) is 0.502. The summed E-state index contributed by atoms with van der Waals surface area (Å²) < 4.78 is 24.8. The van der Waals surface area contributed by atoms with E-state index < -0.39 is 5.54 Å². The molecule has 0 N–H and O–H groups in total. The van der Waals surface area contributed by atoms with Crippen LogP contribution >= 0.6 is 0 Å². The lowest BCUT2D eigenvalue weighted by molar-refractivity contribution is 0.0125. The summed E-state index contributed by atoms with van der Waals surface area (Å²) in [5.41, 5.74) is 3.17. The van der Waals surface area contributed by atoms with E-state index in [1.54, 1.807) is 34.9 Å². The Balaban J connectivity index is 1.49. The van der Waals surface area contributed by atoms with Gasteiger partial charge in [-0.3, -0.25) is 4.79 Å². The van der Waals surface area contributed by atoms with Crippen molar-refractivity contribution in [2.75, 3.05) is 26.2 Å². The number of piperazine rings is 1. The molecular formula is C27H30FN3O4. The van der Waals surface area contributed by atoms with Gasteiger partial charge in [0.2, 0.25) is 0 Å². The molecule has 2 amide bonds. The molecule has 0 radical (unpaired) electrons. The van der Waals surface area contributed by atoms with Crippen molar-refractivity contribution in [1.29, 1.82) is 0 Å². The van der Waals surface area contributed by atoms with E-state index in [0.29, 0.717) is 37.3 Å².